The molecule has 51 heavy (non-hydrogen) atoms. The van der Waals surface area contributed by atoms with Crippen molar-refractivity contribution in [2.45, 2.75) is 5.41 Å². The van der Waals surface area contributed by atoms with Gasteiger partial charge in [-0.05, 0) is 94.0 Å². The van der Waals surface area contributed by atoms with Gasteiger partial charge in [-0.2, -0.15) is 0 Å². The molecule has 0 bridgehead atoms. The van der Waals surface area contributed by atoms with Crippen LogP contribution in [0, 0.1) is 0 Å². The fourth-order valence-electron chi connectivity index (χ4n) is 8.87. The van der Waals surface area contributed by atoms with Crippen molar-refractivity contribution in [2.24, 2.45) is 0 Å². The summed E-state index contributed by atoms with van der Waals surface area (Å²) in [5.74, 6) is 0. The molecule has 238 valence electrons. The average Bonchev–Trinajstić information content (AvgIpc) is 3.82. The third-order valence-electron chi connectivity index (χ3n) is 10.9. The molecule has 11 rings (SSSR count). The van der Waals surface area contributed by atoms with E-state index in [0.717, 1.165) is 55.2 Å². The molecule has 4 heterocycles. The SMILES string of the molecule is c1ccc(C2(c3ccccc3)c3cc(-n4c5ccccc5c5ncccc54)ccc3-c3ccc(-n4c5ccccc5c5ncccc54)cc32)cc1. The molecule has 4 heteroatoms. The van der Waals surface area contributed by atoms with Gasteiger partial charge in [0.25, 0.3) is 0 Å². The molecular formula is C47H30N4. The lowest BCUT2D eigenvalue weighted by Crippen LogP contribution is -2.28. The number of aromatic nitrogens is 4. The van der Waals surface area contributed by atoms with Gasteiger partial charge >= 0.3 is 0 Å². The lowest BCUT2D eigenvalue weighted by molar-refractivity contribution is 0.766. The van der Waals surface area contributed by atoms with Gasteiger partial charge in [0.1, 0.15) is 0 Å². The van der Waals surface area contributed by atoms with E-state index in [9.17, 15) is 0 Å². The highest BCUT2D eigenvalue weighted by Gasteiger charge is 2.46. The van der Waals surface area contributed by atoms with Crippen molar-refractivity contribution in [3.8, 4) is 22.5 Å². The van der Waals surface area contributed by atoms with Crippen LogP contribution in [0.2, 0.25) is 0 Å². The number of benzene rings is 6. The fraction of sp³-hybridized carbons (Fsp3) is 0.0213. The average molecular weight is 651 g/mol. The maximum absolute atomic E-state index is 4.83. The summed E-state index contributed by atoms with van der Waals surface area (Å²) in [6.07, 6.45) is 3.78. The molecule has 6 aromatic carbocycles. The van der Waals surface area contributed by atoms with Gasteiger partial charge in [0.05, 0.1) is 38.5 Å². The minimum absolute atomic E-state index is 0.576. The molecule has 1 aliphatic rings. The van der Waals surface area contributed by atoms with E-state index < -0.39 is 5.41 Å². The summed E-state index contributed by atoms with van der Waals surface area (Å²) >= 11 is 0. The highest BCUT2D eigenvalue weighted by molar-refractivity contribution is 6.08. The monoisotopic (exact) mass is 650 g/mol. The molecule has 0 saturated heterocycles. The predicted molar refractivity (Wildman–Crippen MR) is 208 cm³/mol. The zero-order valence-electron chi connectivity index (χ0n) is 27.6. The smallest absolute Gasteiger partial charge is 0.0963 e. The standard InChI is InChI=1S/C47H30N4/c1-3-13-31(14-4-1)47(32-15-5-2-6-16-32)39-29-33(50-41-19-9-7-17-37(41)45-43(50)21-11-27-48-45)23-25-35(39)36-26-24-34(30-40(36)47)51-42-20-10-8-18-38(42)46-44(51)22-12-28-49-46/h1-30H. The Morgan fingerprint density at radius 2 is 0.784 bits per heavy atom. The zero-order valence-corrected chi connectivity index (χ0v) is 27.6. The summed E-state index contributed by atoms with van der Waals surface area (Å²) in [4.78, 5) is 9.67. The maximum Gasteiger partial charge on any atom is 0.0963 e. The number of rotatable bonds is 4. The first kappa shape index (κ1) is 28.1. The lowest BCUT2D eigenvalue weighted by Gasteiger charge is -2.34. The summed E-state index contributed by atoms with van der Waals surface area (Å²) < 4.78 is 4.75. The van der Waals surface area contributed by atoms with Crippen molar-refractivity contribution >= 4 is 43.9 Å². The summed E-state index contributed by atoms with van der Waals surface area (Å²) in [5.41, 5.74) is 15.7. The van der Waals surface area contributed by atoms with Gasteiger partial charge in [-0.25, -0.2) is 0 Å². The van der Waals surface area contributed by atoms with Crippen molar-refractivity contribution < 1.29 is 0 Å². The normalized spacial score (nSPS) is 13.3. The first-order valence-corrected chi connectivity index (χ1v) is 17.4. The van der Waals surface area contributed by atoms with Gasteiger partial charge in [0.15, 0.2) is 0 Å². The Morgan fingerprint density at radius 3 is 1.25 bits per heavy atom. The van der Waals surface area contributed by atoms with Crippen molar-refractivity contribution in [3.63, 3.8) is 0 Å². The van der Waals surface area contributed by atoms with Gasteiger partial charge in [-0.15, -0.1) is 0 Å². The summed E-state index contributed by atoms with van der Waals surface area (Å²) in [7, 11) is 0. The van der Waals surface area contributed by atoms with E-state index in [0.29, 0.717) is 0 Å². The molecule has 0 atom stereocenters. The third-order valence-corrected chi connectivity index (χ3v) is 10.9. The van der Waals surface area contributed by atoms with Crippen molar-refractivity contribution in [3.05, 3.63) is 205 Å². The Labute approximate surface area is 294 Å². The molecule has 4 nitrogen and oxygen atoms in total. The second-order valence-electron chi connectivity index (χ2n) is 13.4. The topological polar surface area (TPSA) is 35.6 Å². The quantitative estimate of drug-likeness (QED) is 0.190. The van der Waals surface area contributed by atoms with Crippen molar-refractivity contribution in [1.29, 1.82) is 0 Å². The first-order chi connectivity index (χ1) is 25.3. The largest absolute Gasteiger partial charge is 0.308 e. The Morgan fingerprint density at radius 1 is 0.373 bits per heavy atom. The third kappa shape index (κ3) is 3.79. The molecule has 0 N–H and O–H groups in total. The van der Waals surface area contributed by atoms with E-state index in [1.54, 1.807) is 0 Å². The van der Waals surface area contributed by atoms with Crippen LogP contribution in [0.4, 0.5) is 0 Å². The van der Waals surface area contributed by atoms with Crippen LogP contribution in [-0.2, 0) is 5.41 Å². The molecule has 0 fully saturated rings. The summed E-state index contributed by atoms with van der Waals surface area (Å²) in [6, 6.07) is 61.8. The number of pyridine rings is 2. The van der Waals surface area contributed by atoms with Crippen molar-refractivity contribution in [1.82, 2.24) is 19.1 Å². The van der Waals surface area contributed by atoms with Crippen LogP contribution >= 0.6 is 0 Å². The van der Waals surface area contributed by atoms with Crippen LogP contribution < -0.4 is 0 Å². The van der Waals surface area contributed by atoms with Gasteiger partial charge in [-0.1, -0.05) is 109 Å². The Kier molecular flexibility index (Phi) is 5.84. The molecule has 0 aliphatic heterocycles. The molecule has 0 unspecified atom stereocenters. The van der Waals surface area contributed by atoms with Crippen molar-refractivity contribution in [2.75, 3.05) is 0 Å². The zero-order chi connectivity index (χ0) is 33.5. The van der Waals surface area contributed by atoms with E-state index >= 15 is 0 Å². The highest BCUT2D eigenvalue weighted by atomic mass is 15.0. The number of hydrogen-bond acceptors (Lipinski definition) is 2. The Balaban J connectivity index is 1.25. The molecule has 0 radical (unpaired) electrons. The van der Waals surface area contributed by atoms with E-state index in [1.165, 1.54) is 33.4 Å². The van der Waals surface area contributed by atoms with E-state index in [-0.39, 0.29) is 0 Å². The summed E-state index contributed by atoms with van der Waals surface area (Å²) in [6.45, 7) is 0. The summed E-state index contributed by atoms with van der Waals surface area (Å²) in [5, 5.41) is 2.30. The minimum Gasteiger partial charge on any atom is -0.308 e. The lowest BCUT2D eigenvalue weighted by atomic mass is 9.67. The van der Waals surface area contributed by atoms with Crippen LogP contribution in [0.25, 0.3) is 66.4 Å². The number of fused-ring (bicyclic) bond motifs is 9. The molecule has 10 aromatic rings. The highest BCUT2D eigenvalue weighted by Crippen LogP contribution is 2.57. The molecule has 0 amide bonds. The Hall–Kier alpha value is -6.78. The molecular weight excluding hydrogens is 621 g/mol. The van der Waals surface area contributed by atoms with Gasteiger partial charge in [0.2, 0.25) is 0 Å². The van der Waals surface area contributed by atoms with Crippen LogP contribution in [0.15, 0.2) is 182 Å². The van der Waals surface area contributed by atoms with Crippen LogP contribution in [0.1, 0.15) is 22.3 Å². The van der Waals surface area contributed by atoms with Crippen LogP contribution in [0.3, 0.4) is 0 Å². The minimum atomic E-state index is -0.576. The Bertz CT molecular complexity index is 2660. The molecule has 0 spiro atoms. The van der Waals surface area contributed by atoms with Gasteiger partial charge in [-0.3, -0.25) is 9.97 Å². The fourth-order valence-corrected chi connectivity index (χ4v) is 8.87. The maximum atomic E-state index is 4.83. The number of hydrogen-bond donors (Lipinski definition) is 0. The predicted octanol–water partition coefficient (Wildman–Crippen LogP) is 11.0. The van der Waals surface area contributed by atoms with Gasteiger partial charge < -0.3 is 9.13 Å². The van der Waals surface area contributed by atoms with Gasteiger partial charge in [0, 0.05) is 34.5 Å². The van der Waals surface area contributed by atoms with Crippen LogP contribution in [0.5, 0.6) is 0 Å². The second-order valence-corrected chi connectivity index (χ2v) is 13.4. The second kappa shape index (κ2) is 10.6. The van der Waals surface area contributed by atoms with E-state index in [1.807, 2.05) is 24.5 Å². The van der Waals surface area contributed by atoms with E-state index in [4.69, 9.17) is 9.97 Å². The van der Waals surface area contributed by atoms with E-state index in [2.05, 4.69) is 167 Å². The first-order valence-electron chi connectivity index (χ1n) is 17.4. The molecule has 1 aliphatic carbocycles. The molecule has 4 aromatic heterocycles. The number of nitrogens with zero attached hydrogens (tertiary/aromatic N) is 4. The van der Waals surface area contributed by atoms with Crippen LogP contribution in [-0.4, -0.2) is 19.1 Å². The molecule has 0 saturated carbocycles. The number of para-hydroxylation sites is 2.